The molecule has 5 heteroatoms. The van der Waals surface area contributed by atoms with Crippen molar-refractivity contribution in [2.45, 2.75) is 26.3 Å². The third-order valence-corrected chi connectivity index (χ3v) is 3.14. The van der Waals surface area contributed by atoms with Crippen LogP contribution in [0.25, 0.3) is 10.9 Å². The predicted molar refractivity (Wildman–Crippen MR) is 85.1 cm³/mol. The number of benzene rings is 1. The van der Waals surface area contributed by atoms with Gasteiger partial charge in [0.15, 0.2) is 0 Å². The molecule has 0 fully saturated rings. The van der Waals surface area contributed by atoms with Crippen LogP contribution in [-0.4, -0.2) is 23.5 Å². The Bertz CT molecular complexity index is 565. The summed E-state index contributed by atoms with van der Waals surface area (Å²) in [5.41, 5.74) is 8.12. The van der Waals surface area contributed by atoms with Crippen LogP contribution in [0.1, 0.15) is 19.4 Å². The fourth-order valence-electron chi connectivity index (χ4n) is 2.07. The third-order valence-electron chi connectivity index (χ3n) is 3.14. The molecule has 1 atom stereocenters. The second-order valence-corrected chi connectivity index (χ2v) is 5.31. The molecule has 2 rings (SSSR count). The van der Waals surface area contributed by atoms with Crippen molar-refractivity contribution in [2.24, 2.45) is 11.7 Å². The van der Waals surface area contributed by atoms with Crippen LogP contribution in [0.15, 0.2) is 30.5 Å². The lowest BCUT2D eigenvalue weighted by atomic mass is 10.0. The van der Waals surface area contributed by atoms with E-state index in [4.69, 9.17) is 5.73 Å². The smallest absolute Gasteiger partial charge is 0.237 e. The van der Waals surface area contributed by atoms with Crippen molar-refractivity contribution in [2.75, 3.05) is 6.54 Å². The molecule has 1 amide bonds. The van der Waals surface area contributed by atoms with Crippen molar-refractivity contribution in [3.63, 3.8) is 0 Å². The Hall–Kier alpha value is -1.52. The van der Waals surface area contributed by atoms with Gasteiger partial charge in [0.05, 0.1) is 6.04 Å². The molecular weight excluding hydrogens is 274 g/mol. The molecule has 4 N–H and O–H groups in total. The number of aromatic nitrogens is 1. The van der Waals surface area contributed by atoms with Crippen LogP contribution in [0.5, 0.6) is 0 Å². The van der Waals surface area contributed by atoms with Crippen LogP contribution in [0.3, 0.4) is 0 Å². The number of rotatable bonds is 5. The average molecular weight is 296 g/mol. The molecule has 1 heterocycles. The van der Waals surface area contributed by atoms with Gasteiger partial charge in [0.1, 0.15) is 0 Å². The quantitative estimate of drug-likeness (QED) is 0.791. The maximum Gasteiger partial charge on any atom is 0.237 e. The number of para-hydroxylation sites is 1. The zero-order chi connectivity index (χ0) is 13.8. The maximum absolute atomic E-state index is 11.9. The molecule has 0 unspecified atom stereocenters. The topological polar surface area (TPSA) is 70.9 Å². The standard InChI is InChI=1S/C15H21N3O.ClH/c1-10(2)8-18-15(19)13(16)7-11-9-17-14-6-4-3-5-12(11)14;/h3-6,9-10,13,17H,7-8,16H2,1-2H3,(H,18,19);1H/t13-;/m0./s1. The van der Waals surface area contributed by atoms with Gasteiger partial charge in [0, 0.05) is 23.6 Å². The van der Waals surface area contributed by atoms with Crippen molar-refractivity contribution in [3.05, 3.63) is 36.0 Å². The number of amides is 1. The van der Waals surface area contributed by atoms with Gasteiger partial charge < -0.3 is 16.0 Å². The van der Waals surface area contributed by atoms with E-state index in [1.54, 1.807) is 0 Å². The highest BCUT2D eigenvalue weighted by atomic mass is 35.5. The third kappa shape index (κ3) is 3.99. The molecule has 1 aromatic carbocycles. The molecule has 0 aliphatic carbocycles. The van der Waals surface area contributed by atoms with Crippen LogP contribution >= 0.6 is 12.4 Å². The van der Waals surface area contributed by atoms with Crippen molar-refractivity contribution in [1.82, 2.24) is 10.3 Å². The number of H-pyrrole nitrogens is 1. The number of halogens is 1. The van der Waals surface area contributed by atoms with Crippen LogP contribution in [0.2, 0.25) is 0 Å². The van der Waals surface area contributed by atoms with Crippen molar-refractivity contribution < 1.29 is 4.79 Å². The first-order valence-electron chi connectivity index (χ1n) is 6.66. The second kappa shape index (κ2) is 7.31. The normalized spacial score (nSPS) is 12.2. The maximum atomic E-state index is 11.9. The van der Waals surface area contributed by atoms with Crippen molar-refractivity contribution in [3.8, 4) is 0 Å². The molecule has 2 aromatic rings. The number of hydrogen-bond acceptors (Lipinski definition) is 2. The summed E-state index contributed by atoms with van der Waals surface area (Å²) in [6, 6.07) is 7.53. The monoisotopic (exact) mass is 295 g/mol. The highest BCUT2D eigenvalue weighted by Gasteiger charge is 2.15. The first-order valence-corrected chi connectivity index (χ1v) is 6.66. The van der Waals surface area contributed by atoms with Crippen LogP contribution in [-0.2, 0) is 11.2 Å². The number of fused-ring (bicyclic) bond motifs is 1. The summed E-state index contributed by atoms with van der Waals surface area (Å²) < 4.78 is 0. The first kappa shape index (κ1) is 16.5. The summed E-state index contributed by atoms with van der Waals surface area (Å²) in [6.45, 7) is 4.79. The Morgan fingerprint density at radius 2 is 2.05 bits per heavy atom. The molecule has 110 valence electrons. The summed E-state index contributed by atoms with van der Waals surface area (Å²) in [4.78, 5) is 15.1. The zero-order valence-electron chi connectivity index (χ0n) is 11.8. The Morgan fingerprint density at radius 1 is 1.35 bits per heavy atom. The number of nitrogens with one attached hydrogen (secondary N) is 2. The summed E-state index contributed by atoms with van der Waals surface area (Å²) >= 11 is 0. The van der Waals surface area contributed by atoms with E-state index in [-0.39, 0.29) is 18.3 Å². The molecule has 0 saturated carbocycles. The molecule has 0 aliphatic rings. The SMILES string of the molecule is CC(C)CNC(=O)[C@@H](N)Cc1c[nH]c2ccccc12.Cl. The Balaban J connectivity index is 0.00000200. The van der Waals surface area contributed by atoms with Crippen molar-refractivity contribution in [1.29, 1.82) is 0 Å². The Kier molecular flexibility index (Phi) is 6.05. The molecule has 1 aromatic heterocycles. The zero-order valence-corrected chi connectivity index (χ0v) is 12.7. The molecule has 0 spiro atoms. The van der Waals surface area contributed by atoms with E-state index in [9.17, 15) is 4.79 Å². The van der Waals surface area contributed by atoms with E-state index in [1.165, 1.54) is 0 Å². The molecule has 0 bridgehead atoms. The largest absolute Gasteiger partial charge is 0.361 e. The first-order chi connectivity index (χ1) is 9.08. The highest BCUT2D eigenvalue weighted by Crippen LogP contribution is 2.18. The molecule has 0 radical (unpaired) electrons. The van der Waals surface area contributed by atoms with E-state index in [1.807, 2.05) is 30.5 Å². The minimum atomic E-state index is -0.502. The summed E-state index contributed by atoms with van der Waals surface area (Å²) in [6.07, 6.45) is 2.48. The molecule has 20 heavy (non-hydrogen) atoms. The number of carbonyl (C=O) groups excluding carboxylic acids is 1. The highest BCUT2D eigenvalue weighted by molar-refractivity contribution is 5.86. The lowest BCUT2D eigenvalue weighted by Crippen LogP contribution is -2.43. The van der Waals surface area contributed by atoms with Gasteiger partial charge in [-0.1, -0.05) is 32.0 Å². The lowest BCUT2D eigenvalue weighted by Gasteiger charge is -2.13. The van der Waals surface area contributed by atoms with Gasteiger partial charge in [0.2, 0.25) is 5.91 Å². The fourth-order valence-corrected chi connectivity index (χ4v) is 2.07. The van der Waals surface area contributed by atoms with Gasteiger partial charge in [-0.3, -0.25) is 4.79 Å². The van der Waals surface area contributed by atoms with Crippen LogP contribution in [0, 0.1) is 5.92 Å². The molecule has 0 aliphatic heterocycles. The van der Waals surface area contributed by atoms with Gasteiger partial charge in [0.25, 0.3) is 0 Å². The second-order valence-electron chi connectivity index (χ2n) is 5.31. The molecule has 4 nitrogen and oxygen atoms in total. The van der Waals surface area contributed by atoms with Gasteiger partial charge in [-0.15, -0.1) is 12.4 Å². The minimum Gasteiger partial charge on any atom is -0.361 e. The predicted octanol–water partition coefficient (Wildman–Crippen LogP) is 2.23. The summed E-state index contributed by atoms with van der Waals surface area (Å²) in [7, 11) is 0. The van der Waals surface area contributed by atoms with Crippen LogP contribution in [0.4, 0.5) is 0 Å². The summed E-state index contributed by atoms with van der Waals surface area (Å²) in [5, 5.41) is 4.00. The number of aromatic amines is 1. The van der Waals surface area contributed by atoms with E-state index in [0.29, 0.717) is 18.9 Å². The van der Waals surface area contributed by atoms with Crippen LogP contribution < -0.4 is 11.1 Å². The molecule has 0 saturated heterocycles. The lowest BCUT2D eigenvalue weighted by molar-refractivity contribution is -0.122. The Morgan fingerprint density at radius 3 is 2.75 bits per heavy atom. The summed E-state index contributed by atoms with van der Waals surface area (Å²) in [5.74, 6) is 0.350. The number of nitrogens with two attached hydrogens (primary N) is 1. The van der Waals surface area contributed by atoms with E-state index >= 15 is 0 Å². The average Bonchev–Trinajstić information content (AvgIpc) is 2.79. The van der Waals surface area contributed by atoms with E-state index in [0.717, 1.165) is 16.5 Å². The van der Waals surface area contributed by atoms with E-state index in [2.05, 4.69) is 24.1 Å². The number of hydrogen-bond donors (Lipinski definition) is 3. The van der Waals surface area contributed by atoms with Gasteiger partial charge >= 0.3 is 0 Å². The minimum absolute atomic E-state index is 0. The van der Waals surface area contributed by atoms with Gasteiger partial charge in [-0.05, 0) is 24.0 Å². The Labute approximate surface area is 125 Å². The number of carbonyl (C=O) groups is 1. The van der Waals surface area contributed by atoms with Gasteiger partial charge in [-0.2, -0.15) is 0 Å². The fraction of sp³-hybridized carbons (Fsp3) is 0.400. The van der Waals surface area contributed by atoms with Gasteiger partial charge in [-0.25, -0.2) is 0 Å². The molecular formula is C15H22ClN3O. The van der Waals surface area contributed by atoms with Crippen molar-refractivity contribution >= 4 is 29.2 Å². The van der Waals surface area contributed by atoms with E-state index < -0.39 is 6.04 Å².